The maximum absolute atomic E-state index is 12.7. The van der Waals surface area contributed by atoms with Crippen LogP contribution < -0.4 is 4.72 Å². The number of hydrogen-bond donors (Lipinski definition) is 3. The molecule has 0 saturated carbocycles. The molecule has 0 radical (unpaired) electrons. The van der Waals surface area contributed by atoms with Crippen molar-refractivity contribution >= 4 is 37.6 Å². The number of sulfonamides is 1. The molecule has 9 heteroatoms. The van der Waals surface area contributed by atoms with E-state index in [9.17, 15) is 23.4 Å². The summed E-state index contributed by atoms with van der Waals surface area (Å²) in [5.74, 6) is -1.77. The summed E-state index contributed by atoms with van der Waals surface area (Å²) in [6, 6.07) is 6.83. The van der Waals surface area contributed by atoms with Crippen LogP contribution in [0.1, 0.15) is 43.6 Å². The van der Waals surface area contributed by atoms with E-state index in [0.717, 1.165) is 0 Å². The van der Waals surface area contributed by atoms with Crippen LogP contribution in [0.5, 0.6) is 11.5 Å². The minimum absolute atomic E-state index is 0.148. The van der Waals surface area contributed by atoms with Crippen molar-refractivity contribution in [1.82, 2.24) is 0 Å². The second kappa shape index (κ2) is 8.00. The quantitative estimate of drug-likeness (QED) is 0.445. The minimum Gasteiger partial charge on any atom is -0.507 e. The molecule has 0 fully saturated rings. The number of ether oxygens (including phenoxy) is 1. The number of aryl methyl sites for hydroxylation is 1. The van der Waals surface area contributed by atoms with Crippen LogP contribution in [0.15, 0.2) is 39.7 Å². The standard InChI is InChI=1S/C19H22BrNO6S/c1-5-11-8-13(18(24)27-19(2,3)4)17(23)14(9-11)21-28(25,26)16-10-12(20)6-7-15(16)22/h6-10,21-23H,5H2,1-4H3. The predicted octanol–water partition coefficient (Wildman–Crippen LogP) is 4.18. The zero-order chi connectivity index (χ0) is 21.3. The van der Waals surface area contributed by atoms with E-state index in [1.165, 1.54) is 30.3 Å². The van der Waals surface area contributed by atoms with Crippen LogP contribution in [0.3, 0.4) is 0 Å². The van der Waals surface area contributed by atoms with E-state index in [4.69, 9.17) is 4.74 Å². The molecule has 0 aliphatic rings. The van der Waals surface area contributed by atoms with E-state index >= 15 is 0 Å². The summed E-state index contributed by atoms with van der Waals surface area (Å²) in [4.78, 5) is 12.1. The van der Waals surface area contributed by atoms with Crippen LogP contribution in [-0.2, 0) is 21.2 Å². The summed E-state index contributed by atoms with van der Waals surface area (Å²) >= 11 is 3.16. The highest BCUT2D eigenvalue weighted by Gasteiger charge is 2.26. The van der Waals surface area contributed by atoms with Gasteiger partial charge in [-0.15, -0.1) is 0 Å². The van der Waals surface area contributed by atoms with Crippen molar-refractivity contribution in [2.24, 2.45) is 0 Å². The number of carbonyl (C=O) groups is 1. The van der Waals surface area contributed by atoms with Crippen LogP contribution in [0.25, 0.3) is 0 Å². The number of hydrogen-bond acceptors (Lipinski definition) is 6. The zero-order valence-electron chi connectivity index (χ0n) is 15.9. The molecule has 0 aliphatic carbocycles. The average molecular weight is 472 g/mol. The third-order valence-corrected chi connectivity index (χ3v) is 5.54. The predicted molar refractivity (Wildman–Crippen MR) is 109 cm³/mol. The highest BCUT2D eigenvalue weighted by Crippen LogP contribution is 2.35. The maximum atomic E-state index is 12.7. The average Bonchev–Trinajstić information content (AvgIpc) is 2.56. The van der Waals surface area contributed by atoms with Gasteiger partial charge in [-0.3, -0.25) is 4.72 Å². The van der Waals surface area contributed by atoms with Gasteiger partial charge in [0.2, 0.25) is 0 Å². The Morgan fingerprint density at radius 3 is 2.39 bits per heavy atom. The normalized spacial score (nSPS) is 11.9. The lowest BCUT2D eigenvalue weighted by Gasteiger charge is -2.21. The Bertz CT molecular complexity index is 1010. The number of rotatable bonds is 5. The van der Waals surface area contributed by atoms with Gasteiger partial charge in [-0.05, 0) is 63.1 Å². The van der Waals surface area contributed by atoms with Crippen molar-refractivity contribution in [2.75, 3.05) is 4.72 Å². The van der Waals surface area contributed by atoms with Gasteiger partial charge in [0.1, 0.15) is 21.8 Å². The number of anilines is 1. The van der Waals surface area contributed by atoms with Gasteiger partial charge < -0.3 is 14.9 Å². The van der Waals surface area contributed by atoms with E-state index in [1.54, 1.807) is 20.8 Å². The van der Waals surface area contributed by atoms with Crippen molar-refractivity contribution < 1.29 is 28.2 Å². The maximum Gasteiger partial charge on any atom is 0.342 e. The first kappa shape index (κ1) is 22.0. The van der Waals surface area contributed by atoms with E-state index in [0.29, 0.717) is 16.5 Å². The lowest BCUT2D eigenvalue weighted by atomic mass is 10.1. The molecule has 28 heavy (non-hydrogen) atoms. The van der Waals surface area contributed by atoms with Crippen LogP contribution in [-0.4, -0.2) is 30.2 Å². The van der Waals surface area contributed by atoms with Crippen LogP contribution in [0, 0.1) is 0 Å². The molecule has 2 aromatic rings. The molecule has 0 heterocycles. The van der Waals surface area contributed by atoms with Gasteiger partial charge in [-0.25, -0.2) is 13.2 Å². The van der Waals surface area contributed by atoms with Gasteiger partial charge in [0.25, 0.3) is 10.0 Å². The summed E-state index contributed by atoms with van der Waals surface area (Å²) in [5, 5.41) is 20.4. The Labute approximate surface area is 172 Å². The molecule has 0 atom stereocenters. The number of benzene rings is 2. The van der Waals surface area contributed by atoms with E-state index in [1.807, 2.05) is 6.92 Å². The first-order valence-electron chi connectivity index (χ1n) is 8.44. The summed E-state index contributed by atoms with van der Waals surface area (Å²) in [6.45, 7) is 6.88. The van der Waals surface area contributed by atoms with Crippen LogP contribution in [0.4, 0.5) is 5.69 Å². The van der Waals surface area contributed by atoms with Gasteiger partial charge >= 0.3 is 5.97 Å². The summed E-state index contributed by atoms with van der Waals surface area (Å²) in [6.07, 6.45) is 0.493. The molecule has 0 spiro atoms. The van der Waals surface area contributed by atoms with E-state index in [2.05, 4.69) is 20.7 Å². The molecular weight excluding hydrogens is 450 g/mol. The lowest BCUT2D eigenvalue weighted by Crippen LogP contribution is -2.24. The van der Waals surface area contributed by atoms with Crippen LogP contribution in [0.2, 0.25) is 0 Å². The molecular formula is C19H22BrNO6S. The van der Waals surface area contributed by atoms with Gasteiger partial charge in [0.15, 0.2) is 5.75 Å². The van der Waals surface area contributed by atoms with Crippen molar-refractivity contribution in [1.29, 1.82) is 0 Å². The van der Waals surface area contributed by atoms with Crippen molar-refractivity contribution in [3.05, 3.63) is 45.9 Å². The molecule has 0 unspecified atom stereocenters. The summed E-state index contributed by atoms with van der Waals surface area (Å²) in [5.41, 5.74) is -0.493. The number of aromatic hydroxyl groups is 2. The molecule has 0 saturated heterocycles. The van der Waals surface area contributed by atoms with Gasteiger partial charge in [0, 0.05) is 4.47 Å². The number of halogens is 1. The largest absolute Gasteiger partial charge is 0.507 e. The molecule has 152 valence electrons. The van der Waals surface area contributed by atoms with Gasteiger partial charge in [-0.1, -0.05) is 22.9 Å². The molecule has 2 aromatic carbocycles. The fourth-order valence-corrected chi connectivity index (χ4v) is 4.06. The monoisotopic (exact) mass is 471 g/mol. The highest BCUT2D eigenvalue weighted by molar-refractivity contribution is 9.10. The second-order valence-corrected chi connectivity index (χ2v) is 9.68. The topological polar surface area (TPSA) is 113 Å². The molecule has 0 aliphatic heterocycles. The number of nitrogens with one attached hydrogen (secondary N) is 1. The highest BCUT2D eigenvalue weighted by atomic mass is 79.9. The fourth-order valence-electron chi connectivity index (χ4n) is 2.37. The Kier molecular flexibility index (Phi) is 6.30. The molecule has 0 bridgehead atoms. The lowest BCUT2D eigenvalue weighted by molar-refractivity contribution is 0.00667. The van der Waals surface area contributed by atoms with Gasteiger partial charge in [-0.2, -0.15) is 0 Å². The number of carbonyl (C=O) groups excluding carboxylic acids is 1. The number of phenols is 2. The summed E-state index contributed by atoms with van der Waals surface area (Å²) < 4.78 is 33.4. The molecule has 3 N–H and O–H groups in total. The summed E-state index contributed by atoms with van der Waals surface area (Å²) in [7, 11) is -4.23. The van der Waals surface area contributed by atoms with E-state index in [-0.39, 0.29) is 16.1 Å². The molecule has 2 rings (SSSR count). The zero-order valence-corrected chi connectivity index (χ0v) is 18.3. The van der Waals surface area contributed by atoms with Gasteiger partial charge in [0.05, 0.1) is 5.69 Å². The number of phenolic OH excluding ortho intramolecular Hbond substituents is 2. The number of esters is 1. The molecule has 7 nitrogen and oxygen atoms in total. The Morgan fingerprint density at radius 1 is 1.18 bits per heavy atom. The van der Waals surface area contributed by atoms with Crippen molar-refractivity contribution in [3.8, 4) is 11.5 Å². The second-order valence-electron chi connectivity index (χ2n) is 7.11. The fraction of sp³-hybridized carbons (Fsp3) is 0.316. The Morgan fingerprint density at radius 2 is 1.82 bits per heavy atom. The van der Waals surface area contributed by atoms with Crippen LogP contribution >= 0.6 is 15.9 Å². The van der Waals surface area contributed by atoms with E-state index < -0.39 is 33.1 Å². The first-order chi connectivity index (χ1) is 12.8. The SMILES string of the molecule is CCc1cc(NS(=O)(=O)c2cc(Br)ccc2O)c(O)c(C(=O)OC(C)(C)C)c1. The third-order valence-electron chi connectivity index (χ3n) is 3.65. The Hall–Kier alpha value is -2.26. The van der Waals surface area contributed by atoms with Crippen molar-refractivity contribution in [2.45, 2.75) is 44.6 Å². The smallest absolute Gasteiger partial charge is 0.342 e. The molecule has 0 amide bonds. The molecule has 0 aromatic heterocycles. The first-order valence-corrected chi connectivity index (χ1v) is 10.7. The third kappa shape index (κ3) is 5.17. The minimum atomic E-state index is -4.23. The van der Waals surface area contributed by atoms with Crippen molar-refractivity contribution in [3.63, 3.8) is 0 Å². The Balaban J connectivity index is 2.52.